The Kier molecular flexibility index (Phi) is 4.29. The average molecular weight is 344 g/mol. The molecule has 0 unspecified atom stereocenters. The van der Waals surface area contributed by atoms with Crippen LogP contribution in [0.1, 0.15) is 16.7 Å². The zero-order valence-corrected chi connectivity index (χ0v) is 14.3. The maximum Gasteiger partial charge on any atom is 0.136 e. The maximum atomic E-state index is 10.6. The highest BCUT2D eigenvalue weighted by Gasteiger charge is 2.38. The molecule has 130 valence electrons. The smallest absolute Gasteiger partial charge is 0.136 e. The van der Waals surface area contributed by atoms with E-state index >= 15 is 0 Å². The quantitative estimate of drug-likeness (QED) is 0.561. The van der Waals surface area contributed by atoms with Gasteiger partial charge in [-0.1, -0.05) is 66.7 Å². The molecule has 0 radical (unpaired) electrons. The van der Waals surface area contributed by atoms with E-state index in [4.69, 9.17) is 15.5 Å². The number of nitrogens with two attached hydrogens (primary N) is 1. The van der Waals surface area contributed by atoms with E-state index in [0.717, 1.165) is 22.4 Å². The van der Waals surface area contributed by atoms with Crippen molar-refractivity contribution in [2.75, 3.05) is 18.9 Å². The monoisotopic (exact) mass is 344 g/mol. The van der Waals surface area contributed by atoms with Gasteiger partial charge in [0.1, 0.15) is 5.60 Å². The van der Waals surface area contributed by atoms with Gasteiger partial charge in [-0.15, -0.1) is 0 Å². The number of aliphatic hydroxyl groups is 1. The highest BCUT2D eigenvalue weighted by molar-refractivity contribution is 6.14. The number of nitrogen functional groups attached to an aromatic ring is 1. The number of aliphatic imine (C=N–C) groups is 1. The lowest BCUT2D eigenvalue weighted by Gasteiger charge is -2.36. The van der Waals surface area contributed by atoms with Crippen LogP contribution in [0, 0.1) is 0 Å². The van der Waals surface area contributed by atoms with Gasteiger partial charge in [-0.2, -0.15) is 0 Å². The summed E-state index contributed by atoms with van der Waals surface area (Å²) < 4.78 is 5.17. The van der Waals surface area contributed by atoms with Gasteiger partial charge in [0.15, 0.2) is 0 Å². The SMILES string of the molecule is Nc1ccc(C2(O)COC2)cc1N=C(c1ccccc1)c1ccccc1. The highest BCUT2D eigenvalue weighted by atomic mass is 16.5. The molecule has 3 aromatic carbocycles. The predicted octanol–water partition coefficient (Wildman–Crippen LogP) is 3.66. The Labute approximate surface area is 152 Å². The van der Waals surface area contributed by atoms with Gasteiger partial charge in [-0.05, 0) is 17.7 Å². The van der Waals surface area contributed by atoms with Gasteiger partial charge >= 0.3 is 0 Å². The molecule has 1 heterocycles. The van der Waals surface area contributed by atoms with Crippen LogP contribution in [0.3, 0.4) is 0 Å². The molecule has 3 aromatic rings. The van der Waals surface area contributed by atoms with Crippen LogP contribution in [0.4, 0.5) is 11.4 Å². The molecule has 26 heavy (non-hydrogen) atoms. The maximum absolute atomic E-state index is 10.6. The number of benzene rings is 3. The molecule has 1 aliphatic rings. The third-order valence-electron chi connectivity index (χ3n) is 4.58. The van der Waals surface area contributed by atoms with Gasteiger partial charge in [0.2, 0.25) is 0 Å². The molecule has 0 saturated carbocycles. The molecule has 0 atom stereocenters. The van der Waals surface area contributed by atoms with E-state index in [1.54, 1.807) is 6.07 Å². The summed E-state index contributed by atoms with van der Waals surface area (Å²) in [5.74, 6) is 0. The molecular weight excluding hydrogens is 324 g/mol. The second kappa shape index (κ2) is 6.75. The van der Waals surface area contributed by atoms with Crippen molar-refractivity contribution in [1.82, 2.24) is 0 Å². The van der Waals surface area contributed by atoms with E-state index < -0.39 is 5.60 Å². The van der Waals surface area contributed by atoms with E-state index in [0.29, 0.717) is 24.6 Å². The van der Waals surface area contributed by atoms with Crippen LogP contribution in [-0.2, 0) is 10.3 Å². The molecular formula is C22H20N2O2. The molecule has 0 bridgehead atoms. The lowest BCUT2D eigenvalue weighted by molar-refractivity contribution is -0.184. The van der Waals surface area contributed by atoms with Crippen molar-refractivity contribution in [2.24, 2.45) is 4.99 Å². The largest absolute Gasteiger partial charge is 0.397 e. The second-order valence-electron chi connectivity index (χ2n) is 6.49. The zero-order chi connectivity index (χ0) is 18.0. The topological polar surface area (TPSA) is 67.8 Å². The Bertz CT molecular complexity index is 891. The van der Waals surface area contributed by atoms with Crippen LogP contribution in [0.5, 0.6) is 0 Å². The number of rotatable bonds is 4. The summed E-state index contributed by atoms with van der Waals surface area (Å²) in [5.41, 5.74) is 10.1. The van der Waals surface area contributed by atoms with Crippen molar-refractivity contribution in [3.05, 3.63) is 95.6 Å². The summed E-state index contributed by atoms with van der Waals surface area (Å²) in [6, 6.07) is 25.5. The first-order valence-electron chi connectivity index (χ1n) is 8.55. The van der Waals surface area contributed by atoms with E-state index in [9.17, 15) is 5.11 Å². The summed E-state index contributed by atoms with van der Waals surface area (Å²) >= 11 is 0. The number of nitrogens with zero attached hydrogens (tertiary/aromatic N) is 1. The Hall–Kier alpha value is -2.95. The molecule has 0 amide bonds. The van der Waals surface area contributed by atoms with E-state index in [2.05, 4.69) is 0 Å². The van der Waals surface area contributed by atoms with Crippen molar-refractivity contribution in [3.63, 3.8) is 0 Å². The molecule has 0 spiro atoms. The number of anilines is 1. The van der Waals surface area contributed by atoms with Crippen LogP contribution in [0.2, 0.25) is 0 Å². The van der Waals surface area contributed by atoms with Crippen molar-refractivity contribution < 1.29 is 9.84 Å². The number of hydrogen-bond acceptors (Lipinski definition) is 4. The molecule has 3 N–H and O–H groups in total. The minimum absolute atomic E-state index is 0.296. The van der Waals surface area contributed by atoms with Crippen LogP contribution in [-0.4, -0.2) is 24.0 Å². The van der Waals surface area contributed by atoms with Gasteiger partial charge in [0.05, 0.1) is 30.3 Å². The average Bonchev–Trinajstić information content (AvgIpc) is 2.67. The third-order valence-corrected chi connectivity index (χ3v) is 4.58. The van der Waals surface area contributed by atoms with E-state index in [-0.39, 0.29) is 0 Å². The Morgan fingerprint density at radius 3 is 1.96 bits per heavy atom. The Morgan fingerprint density at radius 1 is 0.885 bits per heavy atom. The summed E-state index contributed by atoms with van der Waals surface area (Å²) in [4.78, 5) is 4.87. The van der Waals surface area contributed by atoms with Crippen LogP contribution >= 0.6 is 0 Å². The van der Waals surface area contributed by atoms with Gasteiger partial charge in [-0.25, -0.2) is 4.99 Å². The third kappa shape index (κ3) is 3.12. The number of ether oxygens (including phenoxy) is 1. The first-order chi connectivity index (χ1) is 12.7. The van der Waals surface area contributed by atoms with Gasteiger partial charge in [0.25, 0.3) is 0 Å². The molecule has 1 aliphatic heterocycles. The first-order valence-corrected chi connectivity index (χ1v) is 8.55. The van der Waals surface area contributed by atoms with Crippen molar-refractivity contribution in [1.29, 1.82) is 0 Å². The molecule has 1 saturated heterocycles. The van der Waals surface area contributed by atoms with E-state index in [1.807, 2.05) is 72.8 Å². The number of hydrogen-bond donors (Lipinski definition) is 2. The fraction of sp³-hybridized carbons (Fsp3) is 0.136. The lowest BCUT2D eigenvalue weighted by Crippen LogP contribution is -2.46. The minimum Gasteiger partial charge on any atom is -0.397 e. The molecule has 0 aromatic heterocycles. The van der Waals surface area contributed by atoms with Gasteiger partial charge in [-0.3, -0.25) is 0 Å². The normalized spacial score (nSPS) is 15.1. The summed E-state index contributed by atoms with van der Waals surface area (Å²) in [5, 5.41) is 10.6. The highest BCUT2D eigenvalue weighted by Crippen LogP contribution is 2.34. The fourth-order valence-corrected chi connectivity index (χ4v) is 3.00. The summed E-state index contributed by atoms with van der Waals surface area (Å²) in [6.45, 7) is 0.592. The lowest BCUT2D eigenvalue weighted by atomic mass is 9.91. The van der Waals surface area contributed by atoms with Crippen LogP contribution in [0.15, 0.2) is 83.9 Å². The fourth-order valence-electron chi connectivity index (χ4n) is 3.00. The second-order valence-corrected chi connectivity index (χ2v) is 6.49. The van der Waals surface area contributed by atoms with E-state index in [1.165, 1.54) is 0 Å². The molecule has 1 fully saturated rings. The van der Waals surface area contributed by atoms with Crippen molar-refractivity contribution in [3.8, 4) is 0 Å². The molecule has 4 nitrogen and oxygen atoms in total. The molecule has 4 rings (SSSR count). The molecule has 0 aliphatic carbocycles. The van der Waals surface area contributed by atoms with Gasteiger partial charge < -0.3 is 15.6 Å². The molecule has 4 heteroatoms. The Morgan fingerprint density at radius 2 is 1.46 bits per heavy atom. The van der Waals surface area contributed by atoms with Crippen molar-refractivity contribution in [2.45, 2.75) is 5.60 Å². The first kappa shape index (κ1) is 16.5. The summed E-state index contributed by atoms with van der Waals surface area (Å²) in [6.07, 6.45) is 0. The predicted molar refractivity (Wildman–Crippen MR) is 104 cm³/mol. The van der Waals surface area contributed by atoms with Crippen LogP contribution in [0.25, 0.3) is 0 Å². The summed E-state index contributed by atoms with van der Waals surface area (Å²) in [7, 11) is 0. The van der Waals surface area contributed by atoms with Gasteiger partial charge in [0, 0.05) is 11.1 Å². The zero-order valence-electron chi connectivity index (χ0n) is 14.3. The van der Waals surface area contributed by atoms with Crippen LogP contribution < -0.4 is 5.73 Å². The Balaban J connectivity index is 1.84. The van der Waals surface area contributed by atoms with Crippen molar-refractivity contribution >= 4 is 17.1 Å². The minimum atomic E-state index is -0.947. The standard InChI is InChI=1S/C22H20N2O2/c23-19-12-11-18(22(25)14-26-15-22)13-20(19)24-21(16-7-3-1-4-8-16)17-9-5-2-6-10-17/h1-13,25H,14-15,23H2.